The van der Waals surface area contributed by atoms with Gasteiger partial charge in [0.2, 0.25) is 5.91 Å². The van der Waals surface area contributed by atoms with Crippen LogP contribution < -0.4 is 5.32 Å². The van der Waals surface area contributed by atoms with Crippen molar-refractivity contribution in [3.63, 3.8) is 0 Å². The van der Waals surface area contributed by atoms with Crippen molar-refractivity contribution in [3.8, 4) is 17.5 Å². The van der Waals surface area contributed by atoms with Crippen LogP contribution in [-0.2, 0) is 11.3 Å². The van der Waals surface area contributed by atoms with Gasteiger partial charge in [-0.05, 0) is 49.8 Å². The number of aromatic amines is 1. The van der Waals surface area contributed by atoms with Crippen LogP contribution >= 0.6 is 12.2 Å². The molecule has 2 aromatic carbocycles. The van der Waals surface area contributed by atoms with Gasteiger partial charge in [-0.3, -0.25) is 14.5 Å². The number of carbonyl (C=O) groups excluding carboxylic acids is 1. The summed E-state index contributed by atoms with van der Waals surface area (Å²) in [5, 5.41) is 18.9. The Morgan fingerprint density at radius 3 is 2.74 bits per heavy atom. The second-order valence-corrected chi connectivity index (χ2v) is 6.72. The molecule has 1 heterocycles. The van der Waals surface area contributed by atoms with Gasteiger partial charge in [-0.1, -0.05) is 35.9 Å². The third-order valence-electron chi connectivity index (χ3n) is 4.25. The van der Waals surface area contributed by atoms with Gasteiger partial charge in [-0.25, -0.2) is 0 Å². The number of carbonyl (C=O) groups is 1. The summed E-state index contributed by atoms with van der Waals surface area (Å²) in [6.45, 7) is 3.97. The molecule has 136 valence electrons. The molecule has 1 unspecified atom stereocenters. The van der Waals surface area contributed by atoms with E-state index in [0.29, 0.717) is 16.2 Å². The number of aromatic nitrogens is 3. The van der Waals surface area contributed by atoms with E-state index >= 15 is 0 Å². The zero-order valence-corrected chi connectivity index (χ0v) is 15.9. The van der Waals surface area contributed by atoms with Gasteiger partial charge in [0, 0.05) is 5.56 Å². The number of rotatable bonds is 5. The second-order valence-electron chi connectivity index (χ2n) is 6.33. The molecule has 2 N–H and O–H groups in total. The lowest BCUT2D eigenvalue weighted by atomic mass is 10.1. The quantitative estimate of drug-likeness (QED) is 0.664. The maximum atomic E-state index is 12.5. The van der Waals surface area contributed by atoms with Crippen LogP contribution in [0.2, 0.25) is 0 Å². The van der Waals surface area contributed by atoms with Crippen molar-refractivity contribution in [1.29, 1.82) is 5.26 Å². The lowest BCUT2D eigenvalue weighted by Crippen LogP contribution is -2.30. The van der Waals surface area contributed by atoms with Gasteiger partial charge in [-0.2, -0.15) is 10.4 Å². The standard InChI is InChI=1S/C20H19N5OS/c1-13-4-3-5-17(10-13)19-23-24-20(27)25(19)12-18(26)22-14(2)16-8-6-15(11-21)7-9-16/h3-10,14H,12H2,1-2H3,(H,22,26)(H,24,27). The first-order valence-corrected chi connectivity index (χ1v) is 8.90. The van der Waals surface area contributed by atoms with E-state index in [1.807, 2.05) is 50.2 Å². The zero-order valence-electron chi connectivity index (χ0n) is 15.1. The Kier molecular flexibility index (Phi) is 5.48. The Morgan fingerprint density at radius 1 is 1.33 bits per heavy atom. The molecule has 1 aromatic heterocycles. The molecule has 0 radical (unpaired) electrons. The summed E-state index contributed by atoms with van der Waals surface area (Å²) in [6.07, 6.45) is 0. The highest BCUT2D eigenvalue weighted by Gasteiger charge is 2.15. The molecule has 0 aliphatic rings. The summed E-state index contributed by atoms with van der Waals surface area (Å²) >= 11 is 5.29. The molecule has 0 saturated carbocycles. The van der Waals surface area contributed by atoms with E-state index in [2.05, 4.69) is 21.6 Å². The van der Waals surface area contributed by atoms with Crippen molar-refractivity contribution in [2.75, 3.05) is 0 Å². The molecular formula is C20H19N5OS. The number of amides is 1. The van der Waals surface area contributed by atoms with Gasteiger partial charge in [0.15, 0.2) is 10.6 Å². The van der Waals surface area contributed by atoms with Gasteiger partial charge >= 0.3 is 0 Å². The monoisotopic (exact) mass is 377 g/mol. The highest BCUT2D eigenvalue weighted by molar-refractivity contribution is 7.71. The van der Waals surface area contributed by atoms with Crippen LogP contribution in [0, 0.1) is 23.0 Å². The first-order valence-electron chi connectivity index (χ1n) is 8.49. The van der Waals surface area contributed by atoms with Gasteiger partial charge < -0.3 is 5.32 Å². The van der Waals surface area contributed by atoms with E-state index in [1.54, 1.807) is 16.7 Å². The molecule has 7 heteroatoms. The Bertz CT molecular complexity index is 1060. The first-order chi connectivity index (χ1) is 13.0. The molecule has 27 heavy (non-hydrogen) atoms. The molecule has 0 spiro atoms. The third kappa shape index (κ3) is 4.30. The van der Waals surface area contributed by atoms with Crippen LogP contribution in [0.25, 0.3) is 11.4 Å². The van der Waals surface area contributed by atoms with Crippen LogP contribution in [0.5, 0.6) is 0 Å². The van der Waals surface area contributed by atoms with Gasteiger partial charge in [0.25, 0.3) is 0 Å². The predicted octanol–water partition coefficient (Wildman–Crippen LogP) is 3.67. The van der Waals surface area contributed by atoms with E-state index in [1.165, 1.54) is 0 Å². The summed E-state index contributed by atoms with van der Waals surface area (Å²) in [7, 11) is 0. The number of aryl methyl sites for hydroxylation is 1. The van der Waals surface area contributed by atoms with Crippen molar-refractivity contribution in [1.82, 2.24) is 20.1 Å². The molecule has 0 aliphatic carbocycles. The fraction of sp³-hybridized carbons (Fsp3) is 0.200. The molecule has 3 aromatic rings. The van der Waals surface area contributed by atoms with Crippen LogP contribution in [0.1, 0.15) is 29.7 Å². The van der Waals surface area contributed by atoms with Crippen LogP contribution in [0.15, 0.2) is 48.5 Å². The molecule has 0 fully saturated rings. The Morgan fingerprint density at radius 2 is 2.07 bits per heavy atom. The topological polar surface area (TPSA) is 86.5 Å². The molecule has 3 rings (SSSR count). The molecule has 6 nitrogen and oxygen atoms in total. The van der Waals surface area contributed by atoms with Crippen molar-refractivity contribution >= 4 is 18.1 Å². The number of H-pyrrole nitrogens is 1. The number of nitriles is 1. The van der Waals surface area contributed by atoms with Gasteiger partial charge in [0.1, 0.15) is 6.54 Å². The molecule has 0 aliphatic heterocycles. The first kappa shape index (κ1) is 18.5. The van der Waals surface area contributed by atoms with Crippen LogP contribution in [-0.4, -0.2) is 20.7 Å². The molecule has 0 saturated heterocycles. The Balaban J connectivity index is 1.75. The van der Waals surface area contributed by atoms with E-state index in [-0.39, 0.29) is 18.5 Å². The lowest BCUT2D eigenvalue weighted by molar-refractivity contribution is -0.122. The third-order valence-corrected chi connectivity index (χ3v) is 4.57. The Labute approximate surface area is 162 Å². The minimum Gasteiger partial charge on any atom is -0.348 e. The summed E-state index contributed by atoms with van der Waals surface area (Å²) in [6, 6.07) is 16.9. The van der Waals surface area contributed by atoms with Crippen molar-refractivity contribution < 1.29 is 4.79 Å². The lowest BCUT2D eigenvalue weighted by Gasteiger charge is -2.15. The summed E-state index contributed by atoms with van der Waals surface area (Å²) in [4.78, 5) is 12.5. The second kappa shape index (κ2) is 7.98. The predicted molar refractivity (Wildman–Crippen MR) is 105 cm³/mol. The largest absolute Gasteiger partial charge is 0.348 e. The van der Waals surface area contributed by atoms with Gasteiger partial charge in [0.05, 0.1) is 17.7 Å². The average molecular weight is 377 g/mol. The zero-order chi connectivity index (χ0) is 19.4. The summed E-state index contributed by atoms with van der Waals surface area (Å²) < 4.78 is 2.08. The number of nitrogens with zero attached hydrogens (tertiary/aromatic N) is 3. The molecule has 1 atom stereocenters. The maximum Gasteiger partial charge on any atom is 0.240 e. The highest BCUT2D eigenvalue weighted by Crippen LogP contribution is 2.19. The number of benzene rings is 2. The SMILES string of the molecule is Cc1cccc(-c2n[nH]c(=S)n2CC(=O)NC(C)c2ccc(C#N)cc2)c1. The smallest absolute Gasteiger partial charge is 0.240 e. The van der Waals surface area contributed by atoms with E-state index in [4.69, 9.17) is 17.5 Å². The number of nitrogens with one attached hydrogen (secondary N) is 2. The average Bonchev–Trinajstić information content (AvgIpc) is 3.02. The molecule has 1 amide bonds. The highest BCUT2D eigenvalue weighted by atomic mass is 32.1. The minimum absolute atomic E-state index is 0.0687. The van der Waals surface area contributed by atoms with Crippen LogP contribution in [0.3, 0.4) is 0 Å². The number of hydrogen-bond acceptors (Lipinski definition) is 4. The normalized spacial score (nSPS) is 11.6. The van der Waals surface area contributed by atoms with E-state index in [9.17, 15) is 4.79 Å². The maximum absolute atomic E-state index is 12.5. The number of hydrogen-bond donors (Lipinski definition) is 2. The van der Waals surface area contributed by atoms with Crippen LogP contribution in [0.4, 0.5) is 0 Å². The van der Waals surface area contributed by atoms with E-state index in [0.717, 1.165) is 16.7 Å². The van der Waals surface area contributed by atoms with Crippen molar-refractivity contribution in [2.24, 2.45) is 0 Å². The van der Waals surface area contributed by atoms with Crippen molar-refractivity contribution in [3.05, 3.63) is 70.0 Å². The minimum atomic E-state index is -0.186. The Hall–Kier alpha value is -3.24. The molecular weight excluding hydrogens is 358 g/mol. The molecule has 0 bridgehead atoms. The van der Waals surface area contributed by atoms with Crippen molar-refractivity contribution in [2.45, 2.75) is 26.4 Å². The summed E-state index contributed by atoms with van der Waals surface area (Å²) in [5.41, 5.74) is 3.52. The fourth-order valence-electron chi connectivity index (χ4n) is 2.83. The van der Waals surface area contributed by atoms with E-state index < -0.39 is 0 Å². The fourth-order valence-corrected chi connectivity index (χ4v) is 3.03. The summed E-state index contributed by atoms with van der Waals surface area (Å²) in [5.74, 6) is 0.461. The van der Waals surface area contributed by atoms with Gasteiger partial charge in [-0.15, -0.1) is 0 Å².